The Balaban J connectivity index is 1.92. The van der Waals surface area contributed by atoms with E-state index < -0.39 is 0 Å². The van der Waals surface area contributed by atoms with E-state index in [-0.39, 0.29) is 0 Å². The molecule has 20 heavy (non-hydrogen) atoms. The van der Waals surface area contributed by atoms with Crippen LogP contribution < -0.4 is 10.6 Å². The van der Waals surface area contributed by atoms with Gasteiger partial charge in [-0.3, -0.25) is 4.68 Å². The molecule has 106 valence electrons. The highest BCUT2D eigenvalue weighted by molar-refractivity contribution is 5.79. The maximum absolute atomic E-state index is 4.55. The maximum Gasteiger partial charge on any atom is 0.191 e. The van der Waals surface area contributed by atoms with E-state index in [2.05, 4.69) is 39.8 Å². The summed E-state index contributed by atoms with van der Waals surface area (Å²) in [5.41, 5.74) is 2.34. The topological polar surface area (TPSA) is 54.2 Å². The lowest BCUT2D eigenvalue weighted by Gasteiger charge is -2.11. The van der Waals surface area contributed by atoms with Crippen molar-refractivity contribution in [3.05, 3.63) is 53.9 Å². The first-order valence-electron chi connectivity index (χ1n) is 6.81. The van der Waals surface area contributed by atoms with Crippen LogP contribution in [-0.4, -0.2) is 22.3 Å². The third-order valence-electron chi connectivity index (χ3n) is 2.83. The molecule has 0 aliphatic rings. The number of hydrogen-bond acceptors (Lipinski definition) is 2. The van der Waals surface area contributed by atoms with Crippen molar-refractivity contribution >= 4 is 5.96 Å². The standard InChI is InChI=1S/C15H21N5/c1-3-16-15(17-9-13-7-5-4-6-8-13)18-10-14-11-19-20(2)12-14/h4-8,11-12H,3,9-10H2,1-2H3,(H2,16,17,18). The molecule has 0 bridgehead atoms. The molecule has 1 aromatic heterocycles. The summed E-state index contributed by atoms with van der Waals surface area (Å²) in [6, 6.07) is 10.3. The van der Waals surface area contributed by atoms with Gasteiger partial charge < -0.3 is 10.6 Å². The number of aliphatic imine (C=N–C) groups is 1. The number of rotatable bonds is 5. The van der Waals surface area contributed by atoms with Gasteiger partial charge in [0.05, 0.1) is 12.7 Å². The Labute approximate surface area is 119 Å². The lowest BCUT2D eigenvalue weighted by atomic mass is 10.2. The summed E-state index contributed by atoms with van der Waals surface area (Å²) in [7, 11) is 1.91. The Kier molecular flexibility index (Phi) is 5.17. The average molecular weight is 271 g/mol. The summed E-state index contributed by atoms with van der Waals surface area (Å²) in [6.45, 7) is 4.29. The van der Waals surface area contributed by atoms with Gasteiger partial charge in [0.2, 0.25) is 0 Å². The van der Waals surface area contributed by atoms with Crippen LogP contribution >= 0.6 is 0 Å². The fourth-order valence-electron chi connectivity index (χ4n) is 1.85. The third-order valence-corrected chi connectivity index (χ3v) is 2.83. The van der Waals surface area contributed by atoms with Crippen molar-refractivity contribution in [1.29, 1.82) is 0 Å². The monoisotopic (exact) mass is 271 g/mol. The van der Waals surface area contributed by atoms with Gasteiger partial charge in [-0.05, 0) is 12.5 Å². The molecule has 0 spiro atoms. The summed E-state index contributed by atoms with van der Waals surface area (Å²) in [6.07, 6.45) is 3.81. The first-order valence-corrected chi connectivity index (χ1v) is 6.81. The van der Waals surface area contributed by atoms with Crippen LogP contribution in [0.5, 0.6) is 0 Å². The quantitative estimate of drug-likeness (QED) is 0.642. The normalized spacial score (nSPS) is 11.4. The number of aryl methyl sites for hydroxylation is 1. The minimum atomic E-state index is 0.623. The van der Waals surface area contributed by atoms with Gasteiger partial charge in [0.15, 0.2) is 5.96 Å². The molecule has 0 radical (unpaired) electrons. The molecule has 0 fully saturated rings. The van der Waals surface area contributed by atoms with E-state index in [1.54, 1.807) is 4.68 Å². The van der Waals surface area contributed by atoms with Gasteiger partial charge in [0.25, 0.3) is 0 Å². The Morgan fingerprint density at radius 1 is 1.20 bits per heavy atom. The Hall–Kier alpha value is -2.30. The molecule has 5 nitrogen and oxygen atoms in total. The molecule has 1 heterocycles. The maximum atomic E-state index is 4.55. The van der Waals surface area contributed by atoms with Crippen molar-refractivity contribution in [2.45, 2.75) is 20.0 Å². The number of aromatic nitrogens is 2. The van der Waals surface area contributed by atoms with Crippen LogP contribution in [0.4, 0.5) is 0 Å². The second-order valence-electron chi connectivity index (χ2n) is 4.56. The predicted octanol–water partition coefficient (Wildman–Crippen LogP) is 1.68. The molecule has 2 N–H and O–H groups in total. The van der Waals surface area contributed by atoms with Crippen molar-refractivity contribution in [2.24, 2.45) is 12.0 Å². The zero-order chi connectivity index (χ0) is 14.2. The van der Waals surface area contributed by atoms with Gasteiger partial charge in [0.1, 0.15) is 0 Å². The van der Waals surface area contributed by atoms with Gasteiger partial charge in [-0.25, -0.2) is 4.99 Å². The largest absolute Gasteiger partial charge is 0.357 e. The Bertz CT molecular complexity index is 544. The van der Waals surface area contributed by atoms with Crippen LogP contribution in [0.3, 0.4) is 0 Å². The highest BCUT2D eigenvalue weighted by Crippen LogP contribution is 1.99. The van der Waals surface area contributed by atoms with E-state index in [4.69, 9.17) is 0 Å². The Morgan fingerprint density at radius 2 is 2.00 bits per heavy atom. The van der Waals surface area contributed by atoms with E-state index in [1.807, 2.05) is 37.6 Å². The lowest BCUT2D eigenvalue weighted by molar-refractivity contribution is 0.766. The Morgan fingerprint density at radius 3 is 2.65 bits per heavy atom. The number of nitrogens with zero attached hydrogens (tertiary/aromatic N) is 3. The van der Waals surface area contributed by atoms with Crippen molar-refractivity contribution in [3.63, 3.8) is 0 Å². The fourth-order valence-corrected chi connectivity index (χ4v) is 1.85. The van der Waals surface area contributed by atoms with Crippen molar-refractivity contribution in [3.8, 4) is 0 Å². The molecule has 5 heteroatoms. The summed E-state index contributed by atoms with van der Waals surface area (Å²) in [5.74, 6) is 0.820. The highest BCUT2D eigenvalue weighted by Gasteiger charge is 1.99. The van der Waals surface area contributed by atoms with Crippen LogP contribution in [0.15, 0.2) is 47.7 Å². The van der Waals surface area contributed by atoms with E-state index in [1.165, 1.54) is 5.56 Å². The van der Waals surface area contributed by atoms with E-state index in [9.17, 15) is 0 Å². The van der Waals surface area contributed by atoms with E-state index >= 15 is 0 Å². The number of benzene rings is 1. The molecule has 0 aliphatic carbocycles. The molecule has 0 saturated heterocycles. The molecule has 0 atom stereocenters. The zero-order valence-corrected chi connectivity index (χ0v) is 12.0. The molecule has 2 rings (SSSR count). The van der Waals surface area contributed by atoms with Gasteiger partial charge in [-0.1, -0.05) is 30.3 Å². The second kappa shape index (κ2) is 7.33. The smallest absolute Gasteiger partial charge is 0.191 e. The number of hydrogen-bond donors (Lipinski definition) is 2. The van der Waals surface area contributed by atoms with Crippen molar-refractivity contribution < 1.29 is 0 Å². The molecule has 1 aromatic carbocycles. The van der Waals surface area contributed by atoms with Crippen molar-refractivity contribution in [1.82, 2.24) is 20.4 Å². The molecule has 0 saturated carbocycles. The third kappa shape index (κ3) is 4.42. The van der Waals surface area contributed by atoms with Crippen LogP contribution in [0, 0.1) is 0 Å². The molecular weight excluding hydrogens is 250 g/mol. The number of guanidine groups is 1. The minimum Gasteiger partial charge on any atom is -0.357 e. The summed E-state index contributed by atoms with van der Waals surface area (Å²) >= 11 is 0. The molecule has 0 unspecified atom stereocenters. The van der Waals surface area contributed by atoms with E-state index in [0.29, 0.717) is 6.54 Å². The van der Waals surface area contributed by atoms with Crippen molar-refractivity contribution in [2.75, 3.05) is 6.54 Å². The van der Waals surface area contributed by atoms with Gasteiger partial charge in [-0.2, -0.15) is 5.10 Å². The summed E-state index contributed by atoms with van der Waals surface area (Å²) in [4.78, 5) is 4.55. The van der Waals surface area contributed by atoms with Gasteiger partial charge in [-0.15, -0.1) is 0 Å². The van der Waals surface area contributed by atoms with E-state index in [0.717, 1.165) is 24.6 Å². The van der Waals surface area contributed by atoms with Gasteiger partial charge >= 0.3 is 0 Å². The van der Waals surface area contributed by atoms with Crippen LogP contribution in [-0.2, 0) is 20.1 Å². The lowest BCUT2D eigenvalue weighted by Crippen LogP contribution is -2.36. The van der Waals surface area contributed by atoms with Crippen LogP contribution in [0.2, 0.25) is 0 Å². The first kappa shape index (κ1) is 14.1. The predicted molar refractivity (Wildman–Crippen MR) is 81.3 cm³/mol. The molecular formula is C15H21N5. The highest BCUT2D eigenvalue weighted by atomic mass is 15.2. The summed E-state index contributed by atoms with van der Waals surface area (Å²) < 4.78 is 1.79. The molecule has 0 amide bonds. The zero-order valence-electron chi connectivity index (χ0n) is 12.0. The van der Waals surface area contributed by atoms with Crippen LogP contribution in [0.1, 0.15) is 18.1 Å². The molecule has 2 aromatic rings. The summed E-state index contributed by atoms with van der Waals surface area (Å²) in [5, 5.41) is 10.7. The molecule has 0 aliphatic heterocycles. The number of nitrogens with one attached hydrogen (secondary N) is 2. The average Bonchev–Trinajstić information content (AvgIpc) is 2.89. The SMILES string of the molecule is CCNC(=NCc1cnn(C)c1)NCc1ccccc1. The fraction of sp³-hybridized carbons (Fsp3) is 0.333. The first-order chi connectivity index (χ1) is 9.78. The van der Waals surface area contributed by atoms with Crippen LogP contribution in [0.25, 0.3) is 0 Å². The minimum absolute atomic E-state index is 0.623. The second-order valence-corrected chi connectivity index (χ2v) is 4.56. The van der Waals surface area contributed by atoms with Gasteiger partial charge in [0, 0.05) is 31.9 Å².